The largest absolute Gasteiger partial charge is 0.393 e. The lowest BCUT2D eigenvalue weighted by atomic mass is 10.1. The van der Waals surface area contributed by atoms with Crippen LogP contribution >= 0.6 is 0 Å². The third kappa shape index (κ3) is 9.34. The Morgan fingerprint density at radius 2 is 1.75 bits per heavy atom. The van der Waals surface area contributed by atoms with E-state index < -0.39 is 0 Å². The monoisotopic (exact) mass is 170 g/mol. The summed E-state index contributed by atoms with van der Waals surface area (Å²) in [5.41, 5.74) is 0. The van der Waals surface area contributed by atoms with Gasteiger partial charge in [0.2, 0.25) is 0 Å². The van der Waals surface area contributed by atoms with Crippen LogP contribution in [0.4, 0.5) is 0 Å². The third-order valence-electron chi connectivity index (χ3n) is 1.79. The smallest absolute Gasteiger partial charge is 0.0141 e. The minimum atomic E-state index is 1.10. The molecule has 0 radical (unpaired) electrons. The second-order valence-corrected chi connectivity index (χ2v) is 2.99. The number of nitrogens with one attached hydrogen (secondary N) is 2. The van der Waals surface area contributed by atoms with Gasteiger partial charge in [0.25, 0.3) is 0 Å². The Balaban J connectivity index is 2.86. The van der Waals surface area contributed by atoms with Crippen molar-refractivity contribution in [1.29, 1.82) is 0 Å². The molecule has 72 valence electrons. The highest BCUT2D eigenvalue weighted by molar-refractivity contribution is 4.74. The first-order valence-electron chi connectivity index (χ1n) is 4.97. The molecule has 0 unspecified atom stereocenters. The summed E-state index contributed by atoms with van der Waals surface area (Å²) in [5, 5.41) is 6.16. The molecule has 0 rings (SSSR count). The first kappa shape index (κ1) is 11.3. The van der Waals surface area contributed by atoms with Gasteiger partial charge < -0.3 is 10.6 Å². The summed E-state index contributed by atoms with van der Waals surface area (Å²) in [6.07, 6.45) is 10.6. The van der Waals surface area contributed by atoms with Crippen LogP contribution in [0.5, 0.6) is 0 Å². The van der Waals surface area contributed by atoms with Crippen LogP contribution in [0.3, 0.4) is 0 Å². The van der Waals surface area contributed by atoms with E-state index in [2.05, 4.69) is 17.6 Å². The van der Waals surface area contributed by atoms with Crippen molar-refractivity contribution in [3.05, 3.63) is 12.4 Å². The topological polar surface area (TPSA) is 24.1 Å². The fourth-order valence-corrected chi connectivity index (χ4v) is 1.06. The van der Waals surface area contributed by atoms with Crippen LogP contribution in [0.25, 0.3) is 0 Å². The second-order valence-electron chi connectivity index (χ2n) is 2.99. The van der Waals surface area contributed by atoms with E-state index >= 15 is 0 Å². The van der Waals surface area contributed by atoms with Gasteiger partial charge in [0.15, 0.2) is 0 Å². The molecule has 0 aliphatic rings. The van der Waals surface area contributed by atoms with E-state index in [4.69, 9.17) is 0 Å². The van der Waals surface area contributed by atoms with Crippen molar-refractivity contribution < 1.29 is 0 Å². The molecule has 2 nitrogen and oxygen atoms in total. The van der Waals surface area contributed by atoms with Crippen molar-refractivity contribution in [2.45, 2.75) is 39.0 Å². The summed E-state index contributed by atoms with van der Waals surface area (Å²) in [6.45, 7) is 3.34. The van der Waals surface area contributed by atoms with Gasteiger partial charge >= 0.3 is 0 Å². The van der Waals surface area contributed by atoms with Crippen LogP contribution in [-0.2, 0) is 0 Å². The van der Waals surface area contributed by atoms with E-state index in [0.29, 0.717) is 0 Å². The van der Waals surface area contributed by atoms with Crippen LogP contribution in [0, 0.1) is 0 Å². The molecule has 0 heterocycles. The Morgan fingerprint density at radius 1 is 1.00 bits per heavy atom. The molecule has 2 N–H and O–H groups in total. The Bertz CT molecular complexity index is 100. The summed E-state index contributed by atoms with van der Waals surface area (Å²) >= 11 is 0. The molecule has 2 heteroatoms. The maximum atomic E-state index is 3.22. The van der Waals surface area contributed by atoms with E-state index in [1.165, 1.54) is 32.1 Å². The number of hydrogen-bond acceptors (Lipinski definition) is 2. The molecule has 0 aromatic rings. The molecular weight excluding hydrogens is 148 g/mol. The van der Waals surface area contributed by atoms with Crippen molar-refractivity contribution >= 4 is 0 Å². The van der Waals surface area contributed by atoms with Gasteiger partial charge in [-0.05, 0) is 6.42 Å². The van der Waals surface area contributed by atoms with Gasteiger partial charge in [-0.25, -0.2) is 0 Å². The Hall–Kier alpha value is -0.660. The molecular formula is C10H22N2. The molecule has 0 bridgehead atoms. The molecule has 0 spiro atoms. The van der Waals surface area contributed by atoms with Gasteiger partial charge in [-0.15, -0.1) is 0 Å². The van der Waals surface area contributed by atoms with E-state index in [1.54, 1.807) is 0 Å². The van der Waals surface area contributed by atoms with Gasteiger partial charge in [-0.2, -0.15) is 0 Å². The molecule has 0 amide bonds. The molecule has 0 aromatic carbocycles. The Kier molecular flexibility index (Phi) is 9.77. The summed E-state index contributed by atoms with van der Waals surface area (Å²) in [5.74, 6) is 0. The normalized spacial score (nSPS) is 10.5. The van der Waals surface area contributed by atoms with Crippen molar-refractivity contribution in [1.82, 2.24) is 10.6 Å². The Morgan fingerprint density at radius 3 is 2.42 bits per heavy atom. The molecule has 0 saturated carbocycles. The number of rotatable bonds is 8. The number of hydrogen-bond donors (Lipinski definition) is 2. The highest BCUT2D eigenvalue weighted by atomic mass is 14.9. The first-order chi connectivity index (χ1) is 5.91. The van der Waals surface area contributed by atoms with Crippen LogP contribution in [-0.4, -0.2) is 13.6 Å². The highest BCUT2D eigenvalue weighted by Gasteiger charge is 1.86. The van der Waals surface area contributed by atoms with Crippen molar-refractivity contribution in [3.63, 3.8) is 0 Å². The first-order valence-corrected chi connectivity index (χ1v) is 4.97. The minimum absolute atomic E-state index is 1.10. The predicted octanol–water partition coefficient (Wildman–Crippen LogP) is 2.24. The summed E-state index contributed by atoms with van der Waals surface area (Å²) in [4.78, 5) is 0. The van der Waals surface area contributed by atoms with Crippen LogP contribution in [0.15, 0.2) is 12.4 Å². The SMILES string of the molecule is CCCCCCCN/C=C\NC. The zero-order valence-electron chi connectivity index (χ0n) is 8.40. The maximum absolute atomic E-state index is 3.22. The Labute approximate surface area is 76.4 Å². The predicted molar refractivity (Wildman–Crippen MR) is 55.0 cm³/mol. The van der Waals surface area contributed by atoms with Crippen LogP contribution in [0.2, 0.25) is 0 Å². The van der Waals surface area contributed by atoms with E-state index in [1.807, 2.05) is 19.4 Å². The van der Waals surface area contributed by atoms with Gasteiger partial charge in [0.05, 0.1) is 0 Å². The molecule has 0 atom stereocenters. The summed E-state index contributed by atoms with van der Waals surface area (Å²) < 4.78 is 0. The van der Waals surface area contributed by atoms with Crippen LogP contribution < -0.4 is 10.6 Å². The van der Waals surface area contributed by atoms with Gasteiger partial charge in [-0.1, -0.05) is 32.6 Å². The van der Waals surface area contributed by atoms with Gasteiger partial charge in [0.1, 0.15) is 0 Å². The molecule has 0 saturated heterocycles. The van der Waals surface area contributed by atoms with Crippen molar-refractivity contribution in [2.75, 3.05) is 13.6 Å². The van der Waals surface area contributed by atoms with Gasteiger partial charge in [-0.3, -0.25) is 0 Å². The van der Waals surface area contributed by atoms with Crippen molar-refractivity contribution in [2.24, 2.45) is 0 Å². The fraction of sp³-hybridized carbons (Fsp3) is 0.800. The lowest BCUT2D eigenvalue weighted by Gasteiger charge is -2.00. The quantitative estimate of drug-likeness (QED) is 0.546. The molecule has 0 fully saturated rings. The summed E-state index contributed by atoms with van der Waals surface area (Å²) in [7, 11) is 1.90. The van der Waals surface area contributed by atoms with E-state index in [-0.39, 0.29) is 0 Å². The number of unbranched alkanes of at least 4 members (excludes halogenated alkanes) is 4. The van der Waals surface area contributed by atoms with Gasteiger partial charge in [0, 0.05) is 26.0 Å². The second kappa shape index (κ2) is 10.3. The molecule has 0 aromatic heterocycles. The molecule has 12 heavy (non-hydrogen) atoms. The maximum Gasteiger partial charge on any atom is 0.0141 e. The standard InChI is InChI=1S/C10H22N2/c1-3-4-5-6-7-8-12-10-9-11-2/h9-12H,3-8H2,1-2H3/b10-9-. The lowest BCUT2D eigenvalue weighted by molar-refractivity contribution is 0.618. The summed E-state index contributed by atoms with van der Waals surface area (Å²) in [6, 6.07) is 0. The zero-order chi connectivity index (χ0) is 9.07. The molecule has 0 aliphatic heterocycles. The van der Waals surface area contributed by atoms with Crippen molar-refractivity contribution in [3.8, 4) is 0 Å². The van der Waals surface area contributed by atoms with Crippen LogP contribution in [0.1, 0.15) is 39.0 Å². The molecule has 0 aliphatic carbocycles. The fourth-order valence-electron chi connectivity index (χ4n) is 1.06. The van der Waals surface area contributed by atoms with E-state index in [0.717, 1.165) is 6.54 Å². The lowest BCUT2D eigenvalue weighted by Crippen LogP contribution is -2.08. The van der Waals surface area contributed by atoms with E-state index in [9.17, 15) is 0 Å². The average Bonchev–Trinajstić information content (AvgIpc) is 2.10. The third-order valence-corrected chi connectivity index (χ3v) is 1.79. The zero-order valence-corrected chi connectivity index (χ0v) is 8.40. The average molecular weight is 170 g/mol. The minimum Gasteiger partial charge on any atom is -0.393 e. The highest BCUT2D eigenvalue weighted by Crippen LogP contribution is 2.00.